The Morgan fingerprint density at radius 1 is 1.56 bits per heavy atom. The minimum atomic E-state index is -0.405. The van der Waals surface area contributed by atoms with Gasteiger partial charge >= 0.3 is 0 Å². The number of rotatable bonds is 5. The van der Waals surface area contributed by atoms with Crippen LogP contribution in [0.5, 0.6) is 0 Å². The van der Waals surface area contributed by atoms with E-state index in [1.165, 1.54) is 0 Å². The first-order chi connectivity index (χ1) is 8.47. The van der Waals surface area contributed by atoms with Gasteiger partial charge in [0, 0.05) is 4.47 Å². The average molecular weight is 329 g/mol. The molecule has 1 aromatic carbocycles. The van der Waals surface area contributed by atoms with E-state index in [4.69, 9.17) is 18.0 Å². The van der Waals surface area contributed by atoms with Gasteiger partial charge in [-0.05, 0) is 40.9 Å². The van der Waals surface area contributed by atoms with Crippen LogP contribution in [0.25, 0.3) is 0 Å². The van der Waals surface area contributed by atoms with Crippen molar-refractivity contribution in [1.82, 2.24) is 0 Å². The molecule has 1 aromatic rings. The summed E-state index contributed by atoms with van der Waals surface area (Å²) in [6.07, 6.45) is 1.54. The number of carbonyl (C=O) groups is 1. The number of nitrogens with one attached hydrogen (secondary N) is 1. The van der Waals surface area contributed by atoms with Crippen molar-refractivity contribution in [3.8, 4) is 0 Å². The van der Waals surface area contributed by atoms with E-state index in [1.807, 2.05) is 32.0 Å². The maximum atomic E-state index is 12.1. The van der Waals surface area contributed by atoms with Crippen molar-refractivity contribution in [3.63, 3.8) is 0 Å². The Bertz CT molecular complexity index is 462. The van der Waals surface area contributed by atoms with E-state index in [1.54, 1.807) is 0 Å². The Balaban J connectivity index is 2.86. The Hall–Kier alpha value is -0.940. The summed E-state index contributed by atoms with van der Waals surface area (Å²) in [6.45, 7) is 3.97. The first kappa shape index (κ1) is 15.1. The Labute approximate surface area is 121 Å². The molecule has 0 saturated carbocycles. The van der Waals surface area contributed by atoms with Gasteiger partial charge in [-0.25, -0.2) is 0 Å². The van der Waals surface area contributed by atoms with Gasteiger partial charge in [-0.2, -0.15) is 0 Å². The fourth-order valence-electron chi connectivity index (χ4n) is 1.66. The number of hydrogen-bond donors (Lipinski definition) is 2. The Morgan fingerprint density at radius 2 is 2.22 bits per heavy atom. The van der Waals surface area contributed by atoms with Crippen molar-refractivity contribution in [1.29, 1.82) is 0 Å². The Morgan fingerprint density at radius 3 is 2.78 bits per heavy atom. The molecule has 1 amide bonds. The van der Waals surface area contributed by atoms with Crippen LogP contribution < -0.4 is 11.1 Å². The molecule has 1 atom stereocenters. The van der Waals surface area contributed by atoms with Gasteiger partial charge < -0.3 is 11.1 Å². The van der Waals surface area contributed by atoms with E-state index in [2.05, 4.69) is 21.2 Å². The van der Waals surface area contributed by atoms with Crippen molar-refractivity contribution in [2.45, 2.75) is 26.7 Å². The molecule has 0 bridgehead atoms. The second-order valence-electron chi connectivity index (χ2n) is 4.17. The summed E-state index contributed by atoms with van der Waals surface area (Å²) in [5, 5.41) is 2.86. The first-order valence-electron chi connectivity index (χ1n) is 5.82. The number of anilines is 1. The fraction of sp³-hybridized carbons (Fsp3) is 0.385. The van der Waals surface area contributed by atoms with E-state index in [0.29, 0.717) is 6.42 Å². The van der Waals surface area contributed by atoms with E-state index in [0.717, 1.165) is 22.1 Å². The van der Waals surface area contributed by atoms with Crippen molar-refractivity contribution < 1.29 is 4.79 Å². The molecule has 18 heavy (non-hydrogen) atoms. The highest BCUT2D eigenvalue weighted by molar-refractivity contribution is 9.10. The molecule has 0 aliphatic carbocycles. The van der Waals surface area contributed by atoms with Crippen LogP contribution in [-0.4, -0.2) is 10.9 Å². The summed E-state index contributed by atoms with van der Waals surface area (Å²) in [5.74, 6) is -0.548. The number of carbonyl (C=O) groups excluding carboxylic acids is 1. The predicted molar refractivity (Wildman–Crippen MR) is 82.7 cm³/mol. The van der Waals surface area contributed by atoms with Crippen LogP contribution in [0.2, 0.25) is 0 Å². The number of amides is 1. The highest BCUT2D eigenvalue weighted by Gasteiger charge is 2.21. The third kappa shape index (κ3) is 3.78. The molecule has 5 heteroatoms. The van der Waals surface area contributed by atoms with Crippen LogP contribution >= 0.6 is 28.1 Å². The molecule has 98 valence electrons. The van der Waals surface area contributed by atoms with Crippen molar-refractivity contribution in [3.05, 3.63) is 28.2 Å². The summed E-state index contributed by atoms with van der Waals surface area (Å²) >= 11 is 8.39. The summed E-state index contributed by atoms with van der Waals surface area (Å²) in [6, 6.07) is 5.71. The average Bonchev–Trinajstić information content (AvgIpc) is 2.31. The van der Waals surface area contributed by atoms with Crippen LogP contribution in [0.15, 0.2) is 22.7 Å². The van der Waals surface area contributed by atoms with Gasteiger partial charge in [0.2, 0.25) is 5.91 Å². The molecule has 0 heterocycles. The lowest BCUT2D eigenvalue weighted by Crippen LogP contribution is -2.33. The lowest BCUT2D eigenvalue weighted by molar-refractivity contribution is -0.118. The smallest absolute Gasteiger partial charge is 0.234 e. The number of thiocarbonyl (C=S) groups is 1. The van der Waals surface area contributed by atoms with Crippen molar-refractivity contribution in [2.75, 3.05) is 5.32 Å². The van der Waals surface area contributed by atoms with E-state index < -0.39 is 5.92 Å². The van der Waals surface area contributed by atoms with Gasteiger partial charge in [0.05, 0.1) is 16.6 Å². The number of benzene rings is 1. The minimum absolute atomic E-state index is 0.143. The number of halogens is 1. The maximum absolute atomic E-state index is 12.1. The molecule has 1 unspecified atom stereocenters. The van der Waals surface area contributed by atoms with Crippen LogP contribution in [0, 0.1) is 12.8 Å². The third-order valence-corrected chi connectivity index (χ3v) is 4.02. The maximum Gasteiger partial charge on any atom is 0.234 e. The lowest BCUT2D eigenvalue weighted by atomic mass is 10.0. The lowest BCUT2D eigenvalue weighted by Gasteiger charge is -2.16. The van der Waals surface area contributed by atoms with E-state index >= 15 is 0 Å². The zero-order valence-corrected chi connectivity index (χ0v) is 12.9. The van der Waals surface area contributed by atoms with Crippen LogP contribution in [-0.2, 0) is 4.79 Å². The topological polar surface area (TPSA) is 55.1 Å². The van der Waals surface area contributed by atoms with Crippen LogP contribution in [0.3, 0.4) is 0 Å². The summed E-state index contributed by atoms with van der Waals surface area (Å²) in [5.41, 5.74) is 7.42. The molecular formula is C13H17BrN2OS. The van der Waals surface area contributed by atoms with Gasteiger partial charge in [0.1, 0.15) is 0 Å². The third-order valence-electron chi connectivity index (χ3n) is 2.69. The molecule has 0 aliphatic rings. The first-order valence-corrected chi connectivity index (χ1v) is 7.02. The van der Waals surface area contributed by atoms with E-state index in [9.17, 15) is 4.79 Å². The quantitative estimate of drug-likeness (QED) is 0.814. The fourth-order valence-corrected chi connectivity index (χ4v) is 2.24. The highest BCUT2D eigenvalue weighted by atomic mass is 79.9. The van der Waals surface area contributed by atoms with Gasteiger partial charge in [-0.15, -0.1) is 0 Å². The molecule has 1 rings (SSSR count). The SMILES string of the molecule is CCCC(C(=O)Nc1cccc(C)c1Br)C(N)=S. The summed E-state index contributed by atoms with van der Waals surface area (Å²) < 4.78 is 0.886. The molecule has 0 fully saturated rings. The second-order valence-corrected chi connectivity index (χ2v) is 5.43. The molecule has 0 saturated heterocycles. The zero-order chi connectivity index (χ0) is 13.7. The second kappa shape index (κ2) is 6.85. The minimum Gasteiger partial charge on any atom is -0.393 e. The standard InChI is InChI=1S/C13H17BrN2OS/c1-3-5-9(12(15)18)13(17)16-10-7-4-6-8(2)11(10)14/h4,6-7,9H,3,5H2,1-2H3,(H2,15,18)(H,16,17). The van der Waals surface area contributed by atoms with Crippen molar-refractivity contribution >= 4 is 44.7 Å². The number of nitrogens with two attached hydrogens (primary N) is 1. The molecule has 3 N–H and O–H groups in total. The molecule has 0 aliphatic heterocycles. The highest BCUT2D eigenvalue weighted by Crippen LogP contribution is 2.26. The molecule has 0 aromatic heterocycles. The van der Waals surface area contributed by atoms with Gasteiger partial charge in [-0.3, -0.25) is 4.79 Å². The molecule has 0 spiro atoms. The van der Waals surface area contributed by atoms with Gasteiger partial charge in [0.15, 0.2) is 0 Å². The van der Waals surface area contributed by atoms with Crippen LogP contribution in [0.4, 0.5) is 5.69 Å². The zero-order valence-electron chi connectivity index (χ0n) is 10.5. The van der Waals surface area contributed by atoms with Gasteiger partial charge in [-0.1, -0.05) is 37.7 Å². The number of hydrogen-bond acceptors (Lipinski definition) is 2. The Kier molecular flexibility index (Phi) is 5.75. The van der Waals surface area contributed by atoms with E-state index in [-0.39, 0.29) is 10.9 Å². The molecule has 0 radical (unpaired) electrons. The van der Waals surface area contributed by atoms with Gasteiger partial charge in [0.25, 0.3) is 0 Å². The largest absolute Gasteiger partial charge is 0.393 e. The van der Waals surface area contributed by atoms with Crippen LogP contribution in [0.1, 0.15) is 25.3 Å². The molecule has 3 nitrogen and oxygen atoms in total. The predicted octanol–water partition coefficient (Wildman–Crippen LogP) is 3.40. The monoisotopic (exact) mass is 328 g/mol. The normalized spacial score (nSPS) is 11.9. The van der Waals surface area contributed by atoms with Crippen molar-refractivity contribution in [2.24, 2.45) is 11.7 Å². The number of aryl methyl sites for hydroxylation is 1. The molecular weight excluding hydrogens is 312 g/mol. The summed E-state index contributed by atoms with van der Waals surface area (Å²) in [7, 11) is 0. The summed E-state index contributed by atoms with van der Waals surface area (Å²) in [4.78, 5) is 12.4.